The average Bonchev–Trinajstić information content (AvgIpc) is 3.85. The number of nitrogens with two attached hydrogens (primary N) is 1. The van der Waals surface area contributed by atoms with E-state index in [4.69, 9.17) is 24.7 Å². The number of ether oxygens (including phenoxy) is 4. The van der Waals surface area contributed by atoms with Crippen molar-refractivity contribution in [1.29, 1.82) is 0 Å². The number of fused-ring (bicyclic) bond motifs is 8. The number of hydrogen-bond acceptors (Lipinski definition) is 17. The Morgan fingerprint density at radius 1 is 0.910 bits per heavy atom. The average molecular weight is 934 g/mol. The molecule has 0 unspecified atom stereocenters. The van der Waals surface area contributed by atoms with Crippen LogP contribution >= 0.6 is 0 Å². The Hall–Kier alpha value is -4.30. The number of cyclic esters (lactones) is 1. The molecule has 0 bridgehead atoms. The predicted molar refractivity (Wildman–Crippen MR) is 235 cm³/mol. The second-order valence-corrected chi connectivity index (χ2v) is 21.0. The minimum atomic E-state index is -2.24. The number of benzene rings is 2. The Balaban J connectivity index is 0.000000177. The summed E-state index contributed by atoms with van der Waals surface area (Å²) in [5.41, 5.74) is 1.87. The minimum absolute atomic E-state index is 0.00129. The number of ketones is 3. The van der Waals surface area contributed by atoms with E-state index in [-0.39, 0.29) is 63.7 Å². The van der Waals surface area contributed by atoms with Crippen LogP contribution in [0.25, 0.3) is 0 Å². The van der Waals surface area contributed by atoms with E-state index in [2.05, 4.69) is 6.92 Å². The molecule has 5 fully saturated rings. The highest BCUT2D eigenvalue weighted by Crippen LogP contribution is 2.70. The molecule has 8 aliphatic rings. The number of carbonyl (C=O) groups excluding carboxylic acids is 4. The van der Waals surface area contributed by atoms with Crippen molar-refractivity contribution < 1.29 is 79.0 Å². The number of aliphatic hydroxyl groups excluding tert-OH is 4. The number of phenols is 2. The van der Waals surface area contributed by atoms with Crippen molar-refractivity contribution in [2.75, 3.05) is 20.3 Å². The molecule has 17 nitrogen and oxygen atoms in total. The number of rotatable bonds is 6. The highest BCUT2D eigenvalue weighted by Gasteiger charge is 2.71. The van der Waals surface area contributed by atoms with E-state index < -0.39 is 113 Å². The van der Waals surface area contributed by atoms with Crippen LogP contribution in [0.15, 0.2) is 29.8 Å². The summed E-state index contributed by atoms with van der Waals surface area (Å²) in [7, 11) is 1.32. The molecule has 67 heavy (non-hydrogen) atoms. The van der Waals surface area contributed by atoms with E-state index >= 15 is 0 Å². The van der Waals surface area contributed by atoms with Gasteiger partial charge in [-0.15, -0.1) is 0 Å². The van der Waals surface area contributed by atoms with Gasteiger partial charge in [0.1, 0.15) is 36.1 Å². The third kappa shape index (κ3) is 7.21. The summed E-state index contributed by atoms with van der Waals surface area (Å²) in [5.74, 6) is -3.12. The molecular weight excluding hydrogens is 871 g/mol. The highest BCUT2D eigenvalue weighted by molar-refractivity contribution is 6.31. The maximum Gasteiger partial charge on any atom is 0.331 e. The Morgan fingerprint density at radius 3 is 2.31 bits per heavy atom. The van der Waals surface area contributed by atoms with Crippen LogP contribution in [0.3, 0.4) is 0 Å². The molecular formula is C50H63NO16. The molecule has 10 rings (SSSR count). The molecule has 15 atom stereocenters. The van der Waals surface area contributed by atoms with Crippen LogP contribution in [0.5, 0.6) is 17.2 Å². The molecule has 2 aromatic rings. The van der Waals surface area contributed by atoms with E-state index in [1.54, 1.807) is 13.0 Å². The lowest BCUT2D eigenvalue weighted by Crippen LogP contribution is -2.67. The quantitative estimate of drug-likeness (QED) is 0.127. The number of aliphatic hydroxyl groups is 6. The third-order valence-corrected chi connectivity index (χ3v) is 17.9. The van der Waals surface area contributed by atoms with Crippen LogP contribution in [0.1, 0.15) is 134 Å². The first kappa shape index (κ1) is 47.8. The standard InChI is InChI=1S/C27H29NO11.C23H34O5/c1-10-22(31)13(28)6-17(38-10)39-15-8-27(36,16(30)9-29)7-12-19(15)26(35)21-20(24(12)33)23(32)11-4-3-5-14(37-2)18(11)25(21)34;1-21-7-5-15(24)10-14(21)3-4-17-18(21)11-19(25)22(2)16(6-8-23(17,22)27)13-9-20(26)28-12-13/h3-5,10,13,15,17,22,29,31,33,35-36H,6-9,28H2,1-2H3;9,14-19,24-25,27H,3-8,10-12H2,1-2H3/t10-,13-,15-,17-,22+,27-;14-,15+,16-,17-,18+,19-,21+,22+,23+/m01/s1. The van der Waals surface area contributed by atoms with Crippen molar-refractivity contribution in [3.05, 3.63) is 63.2 Å². The molecule has 2 aliphatic heterocycles. The van der Waals surface area contributed by atoms with E-state index in [9.17, 15) is 60.0 Å². The van der Waals surface area contributed by atoms with Crippen LogP contribution in [-0.4, -0.2) is 132 Å². The number of carbonyl (C=O) groups is 4. The van der Waals surface area contributed by atoms with Crippen LogP contribution < -0.4 is 10.5 Å². The van der Waals surface area contributed by atoms with Gasteiger partial charge in [-0.1, -0.05) is 26.0 Å². The van der Waals surface area contributed by atoms with Gasteiger partial charge in [0, 0.05) is 53.5 Å². The SMILES string of the molecule is COc1cccc2c1C(=O)c1c(O)c3c(c(O)c1C2=O)C[C@@](O)(C(=O)CO)C[C@@H]3O[C@H]1C[C@H](N)[C@H](O)[C@H](C)O1.C[C@]12CC[C@H](O)C[C@H]1CC[C@@H]1[C@@H]2C[C@@H](O)[C@]2(C)[C@@H](C3=CC(=O)OC3)CC[C@]12O. The topological polar surface area (TPSA) is 293 Å². The van der Waals surface area contributed by atoms with Gasteiger partial charge >= 0.3 is 5.97 Å². The molecule has 0 radical (unpaired) electrons. The fourth-order valence-electron chi connectivity index (χ4n) is 14.1. The molecule has 0 spiro atoms. The summed E-state index contributed by atoms with van der Waals surface area (Å²) >= 11 is 0. The van der Waals surface area contributed by atoms with Gasteiger partial charge in [0.15, 0.2) is 17.9 Å². The molecule has 0 aromatic heterocycles. The van der Waals surface area contributed by atoms with Gasteiger partial charge in [-0.25, -0.2) is 4.79 Å². The van der Waals surface area contributed by atoms with Crippen molar-refractivity contribution in [2.45, 2.75) is 145 Å². The van der Waals surface area contributed by atoms with Crippen molar-refractivity contribution >= 4 is 23.3 Å². The van der Waals surface area contributed by atoms with Crippen molar-refractivity contribution in [1.82, 2.24) is 0 Å². The van der Waals surface area contributed by atoms with Gasteiger partial charge in [-0.2, -0.15) is 0 Å². The molecule has 1 saturated heterocycles. The molecule has 0 amide bonds. The Labute approximate surface area is 387 Å². The van der Waals surface area contributed by atoms with Gasteiger partial charge in [-0.05, 0) is 99.0 Å². The zero-order chi connectivity index (χ0) is 48.3. The number of aromatic hydroxyl groups is 2. The number of hydrogen-bond donors (Lipinski definition) is 9. The first-order valence-corrected chi connectivity index (χ1v) is 23.6. The maximum atomic E-state index is 13.6. The highest BCUT2D eigenvalue weighted by atomic mass is 16.7. The van der Waals surface area contributed by atoms with Crippen LogP contribution in [-0.2, 0) is 30.2 Å². The van der Waals surface area contributed by atoms with Gasteiger partial charge in [0.2, 0.25) is 5.78 Å². The first-order chi connectivity index (χ1) is 31.6. The van der Waals surface area contributed by atoms with Crippen LogP contribution in [0, 0.1) is 34.5 Å². The molecule has 2 aromatic carbocycles. The number of Topliss-reactive ketones (excluding diaryl/α,β-unsaturated/α-hetero) is 1. The normalized spacial score (nSPS) is 40.7. The number of esters is 1. The van der Waals surface area contributed by atoms with Gasteiger partial charge in [0.05, 0.1) is 59.9 Å². The largest absolute Gasteiger partial charge is 0.507 e. The summed E-state index contributed by atoms with van der Waals surface area (Å²) in [6.45, 7) is 5.25. The van der Waals surface area contributed by atoms with Crippen molar-refractivity contribution in [3.63, 3.8) is 0 Å². The fraction of sp³-hybridized carbons (Fsp3) is 0.640. The first-order valence-electron chi connectivity index (χ1n) is 23.6. The van der Waals surface area contributed by atoms with Crippen molar-refractivity contribution in [2.24, 2.45) is 40.2 Å². The number of methoxy groups -OCH3 is 1. The van der Waals surface area contributed by atoms with E-state index in [1.165, 1.54) is 25.3 Å². The Morgan fingerprint density at radius 2 is 1.64 bits per heavy atom. The molecule has 364 valence electrons. The number of phenolic OH excluding ortho intramolecular Hbond substituents is 2. The lowest BCUT2D eigenvalue weighted by atomic mass is 9.42. The summed E-state index contributed by atoms with van der Waals surface area (Å²) in [4.78, 5) is 51.4. The Kier molecular flexibility index (Phi) is 12.1. The summed E-state index contributed by atoms with van der Waals surface area (Å²) in [5, 5.41) is 87.4. The second kappa shape index (κ2) is 17.0. The van der Waals surface area contributed by atoms with E-state index in [0.29, 0.717) is 31.3 Å². The summed E-state index contributed by atoms with van der Waals surface area (Å²) < 4.78 is 22.1. The zero-order valence-corrected chi connectivity index (χ0v) is 38.3. The van der Waals surface area contributed by atoms with Gasteiger partial charge < -0.3 is 65.5 Å². The molecule has 2 heterocycles. The van der Waals surface area contributed by atoms with Gasteiger partial charge in [0.25, 0.3) is 0 Å². The lowest BCUT2D eigenvalue weighted by molar-refractivity contribution is -0.247. The smallest absolute Gasteiger partial charge is 0.331 e. The summed E-state index contributed by atoms with van der Waals surface area (Å²) in [6.07, 6.45) is 2.57. The zero-order valence-electron chi connectivity index (χ0n) is 38.3. The summed E-state index contributed by atoms with van der Waals surface area (Å²) in [6, 6.07) is 3.64. The maximum absolute atomic E-state index is 13.6. The Bertz CT molecular complexity index is 2410. The second-order valence-electron chi connectivity index (χ2n) is 21.0. The molecule has 10 N–H and O–H groups in total. The molecule has 4 saturated carbocycles. The monoisotopic (exact) mass is 933 g/mol. The van der Waals surface area contributed by atoms with Crippen LogP contribution in [0.4, 0.5) is 0 Å². The lowest BCUT2D eigenvalue weighted by Gasteiger charge is -2.64. The van der Waals surface area contributed by atoms with Crippen LogP contribution in [0.2, 0.25) is 0 Å². The van der Waals surface area contributed by atoms with E-state index in [1.807, 2.05) is 6.92 Å². The minimum Gasteiger partial charge on any atom is -0.507 e. The molecule has 6 aliphatic carbocycles. The molecule has 17 heteroatoms. The van der Waals surface area contributed by atoms with Crippen molar-refractivity contribution in [3.8, 4) is 17.2 Å². The fourth-order valence-corrected chi connectivity index (χ4v) is 14.1. The predicted octanol–water partition coefficient (Wildman–Crippen LogP) is 2.58. The van der Waals surface area contributed by atoms with E-state index in [0.717, 1.165) is 44.1 Å². The third-order valence-electron chi connectivity index (χ3n) is 17.9. The van der Waals surface area contributed by atoms with Gasteiger partial charge in [-0.3, -0.25) is 14.4 Å².